The van der Waals surface area contributed by atoms with Crippen LogP contribution >= 0.6 is 9.90 Å². The van der Waals surface area contributed by atoms with E-state index in [4.69, 9.17) is 0 Å². The molecule has 0 N–H and O–H groups in total. The van der Waals surface area contributed by atoms with Gasteiger partial charge in [-0.1, -0.05) is 0 Å². The first-order chi connectivity index (χ1) is 0. The van der Waals surface area contributed by atoms with Crippen LogP contribution in [0.2, 0.25) is 0 Å². The van der Waals surface area contributed by atoms with E-state index in [1.807, 2.05) is 0 Å². The first kappa shape index (κ1) is 33.5. The fourth-order valence-corrected chi connectivity index (χ4v) is 0. The molecule has 0 heterocycles. The SMILES string of the molecule is [Mo].[Ni].[P].[W]. The molecule has 0 unspecified atom stereocenters. The predicted octanol–water partition coefficient (Wildman–Crippen LogP) is 0.854. The fourth-order valence-electron chi connectivity index (χ4n) is 0. The molecule has 4 heavy (non-hydrogen) atoms. The molecule has 0 rings (SSSR count). The van der Waals surface area contributed by atoms with Crippen molar-refractivity contribution in [2.24, 2.45) is 0 Å². The standard InChI is InChI=1S/Mo.Ni.P.W. The van der Waals surface area contributed by atoms with E-state index in [1.165, 1.54) is 0 Å². The second-order valence-corrected chi connectivity index (χ2v) is 0. The van der Waals surface area contributed by atoms with Gasteiger partial charge in [0.15, 0.2) is 0 Å². The average molecular weight is 369 g/mol. The summed E-state index contributed by atoms with van der Waals surface area (Å²) in [6.07, 6.45) is 0. The van der Waals surface area contributed by atoms with Crippen molar-refractivity contribution in [2.45, 2.75) is 0 Å². The first-order valence-corrected chi connectivity index (χ1v) is 0. The molecule has 0 bridgehead atoms. The Kier molecular flexibility index (Phi) is 155. The maximum atomic E-state index is 0. The zero-order valence-electron chi connectivity index (χ0n) is 1.58. The van der Waals surface area contributed by atoms with E-state index >= 15 is 0 Å². The molecule has 3 radical (unpaired) electrons. The second-order valence-electron chi connectivity index (χ2n) is 0. The monoisotopic (exact) mass is 371 g/mol. The molecule has 0 aliphatic rings. The van der Waals surface area contributed by atoms with E-state index in [9.17, 15) is 0 Å². The molecule has 0 spiro atoms. The molecule has 0 atom stereocenters. The Morgan fingerprint density at radius 3 is 1.00 bits per heavy atom. The van der Waals surface area contributed by atoms with Gasteiger partial charge >= 0.3 is 0 Å². The third kappa shape index (κ3) is 8.85. The second kappa shape index (κ2) is 18.5. The van der Waals surface area contributed by atoms with Crippen molar-refractivity contribution in [1.82, 2.24) is 0 Å². The van der Waals surface area contributed by atoms with E-state index in [-0.39, 0.29) is 68.5 Å². The average Bonchev–Trinajstić information content (AvgIpc) is 0. The number of hydrogen-bond acceptors (Lipinski definition) is 0. The third-order valence-electron chi connectivity index (χ3n) is 0. The van der Waals surface area contributed by atoms with Crippen LogP contribution in [0.4, 0.5) is 0 Å². The summed E-state index contributed by atoms with van der Waals surface area (Å²) in [6, 6.07) is 0. The van der Waals surface area contributed by atoms with Crippen molar-refractivity contribution in [3.05, 3.63) is 0 Å². The summed E-state index contributed by atoms with van der Waals surface area (Å²) in [5.41, 5.74) is 0. The molecule has 0 aromatic rings. The molecule has 0 aliphatic carbocycles. The van der Waals surface area contributed by atoms with Crippen molar-refractivity contribution in [3.63, 3.8) is 0 Å². The van der Waals surface area contributed by atoms with Gasteiger partial charge in [-0.05, 0) is 0 Å². The van der Waals surface area contributed by atoms with E-state index in [0.29, 0.717) is 0 Å². The number of hydrogen-bond donors (Lipinski definition) is 0. The summed E-state index contributed by atoms with van der Waals surface area (Å²) in [6.45, 7) is 0. The fraction of sp³-hybridized carbons (Fsp3) is 0. The Morgan fingerprint density at radius 2 is 1.00 bits per heavy atom. The largest absolute Gasteiger partial charge is 0 e. The van der Waals surface area contributed by atoms with Gasteiger partial charge in [0.1, 0.15) is 0 Å². The summed E-state index contributed by atoms with van der Waals surface area (Å²) >= 11 is 0. The summed E-state index contributed by atoms with van der Waals surface area (Å²) in [5, 5.41) is 0. The molecule has 0 saturated carbocycles. The van der Waals surface area contributed by atoms with Crippen molar-refractivity contribution in [2.75, 3.05) is 0 Å². The van der Waals surface area contributed by atoms with E-state index in [1.54, 1.807) is 0 Å². The zero-order chi connectivity index (χ0) is 0. The van der Waals surface area contributed by atoms with Crippen LogP contribution < -0.4 is 0 Å². The predicted molar refractivity (Wildman–Crippen MR) is 6.92 cm³/mol. The maximum Gasteiger partial charge on any atom is 0 e. The smallest absolute Gasteiger partial charge is 0 e. The van der Waals surface area contributed by atoms with Crippen LogP contribution in [0.15, 0.2) is 0 Å². The normalized spacial score (nSPS) is 0. The topological polar surface area (TPSA) is 0 Å². The van der Waals surface area contributed by atoms with Gasteiger partial charge in [-0.25, -0.2) is 0 Å². The zero-order valence-corrected chi connectivity index (χ0v) is 8.40. The van der Waals surface area contributed by atoms with E-state index in [2.05, 4.69) is 0 Å². The Balaban J connectivity index is 0. The van der Waals surface area contributed by atoms with Gasteiger partial charge in [0.25, 0.3) is 0 Å². The third-order valence-corrected chi connectivity index (χ3v) is 0. The molecule has 0 fully saturated rings. The summed E-state index contributed by atoms with van der Waals surface area (Å²) in [4.78, 5) is 0. The number of rotatable bonds is 0. The summed E-state index contributed by atoms with van der Waals surface area (Å²) in [5.74, 6) is 0. The van der Waals surface area contributed by atoms with Crippen molar-refractivity contribution in [3.8, 4) is 0 Å². The minimum Gasteiger partial charge on any atom is 0 e. The van der Waals surface area contributed by atoms with Crippen LogP contribution in [-0.2, 0) is 58.6 Å². The molecule has 0 amide bonds. The van der Waals surface area contributed by atoms with Gasteiger partial charge in [-0.2, -0.15) is 0 Å². The molecular formula is MoNiPW. The molecule has 0 aromatic heterocycles. The molecule has 0 saturated heterocycles. The van der Waals surface area contributed by atoms with Crippen molar-refractivity contribution in [1.29, 1.82) is 0 Å². The molecule has 27 valence electrons. The van der Waals surface area contributed by atoms with Crippen LogP contribution in [0.1, 0.15) is 0 Å². The molecule has 0 nitrogen and oxygen atoms in total. The van der Waals surface area contributed by atoms with Gasteiger partial charge in [0.05, 0.1) is 0 Å². The van der Waals surface area contributed by atoms with Gasteiger partial charge in [0, 0.05) is 68.5 Å². The van der Waals surface area contributed by atoms with Crippen LogP contribution in [0.5, 0.6) is 0 Å². The molecular weight excluding hydrogens is 369 g/mol. The molecule has 0 aromatic carbocycles. The van der Waals surface area contributed by atoms with Gasteiger partial charge in [0.2, 0.25) is 0 Å². The Bertz CT molecular complexity index is 8.00. The molecule has 4 heteroatoms. The van der Waals surface area contributed by atoms with Crippen molar-refractivity contribution < 1.29 is 58.6 Å². The maximum absolute atomic E-state index is 0. The summed E-state index contributed by atoms with van der Waals surface area (Å²) < 4.78 is 0. The van der Waals surface area contributed by atoms with Crippen LogP contribution in [-0.4, -0.2) is 0 Å². The molecule has 0 aliphatic heterocycles. The quantitative estimate of drug-likeness (QED) is 0.439. The Morgan fingerprint density at radius 1 is 1.00 bits per heavy atom. The van der Waals surface area contributed by atoms with Gasteiger partial charge < -0.3 is 0 Å². The van der Waals surface area contributed by atoms with Crippen LogP contribution in [0.25, 0.3) is 0 Å². The Hall–Kier alpha value is 2.30. The summed E-state index contributed by atoms with van der Waals surface area (Å²) in [7, 11) is 0. The van der Waals surface area contributed by atoms with Gasteiger partial charge in [-0.3, -0.25) is 0 Å². The Labute approximate surface area is 67.9 Å². The van der Waals surface area contributed by atoms with Crippen molar-refractivity contribution >= 4 is 9.90 Å². The van der Waals surface area contributed by atoms with Crippen LogP contribution in [0.3, 0.4) is 0 Å². The first-order valence-electron chi connectivity index (χ1n) is 0. The van der Waals surface area contributed by atoms with Gasteiger partial charge in [-0.15, -0.1) is 0 Å². The minimum absolute atomic E-state index is 0. The van der Waals surface area contributed by atoms with Crippen LogP contribution in [0, 0.1) is 0 Å². The van der Waals surface area contributed by atoms with E-state index < -0.39 is 0 Å². The minimum atomic E-state index is 0. The van der Waals surface area contributed by atoms with E-state index in [0.717, 1.165) is 0 Å².